The van der Waals surface area contributed by atoms with Gasteiger partial charge in [0, 0.05) is 31.8 Å². The summed E-state index contributed by atoms with van der Waals surface area (Å²) < 4.78 is 8.85. The van der Waals surface area contributed by atoms with Crippen LogP contribution >= 0.6 is 45.9 Å². The Morgan fingerprint density at radius 1 is 0.796 bits per heavy atom. The van der Waals surface area contributed by atoms with Crippen LogP contribution in [0.5, 0.6) is 0 Å². The molecule has 0 N–H and O–H groups in total. The summed E-state index contributed by atoms with van der Waals surface area (Å²) in [6.07, 6.45) is 2.21. The molecule has 54 heavy (non-hydrogen) atoms. The second kappa shape index (κ2) is 16.2. The fourth-order valence-electron chi connectivity index (χ4n) is 6.36. The minimum atomic E-state index is -0.497. The van der Waals surface area contributed by atoms with Gasteiger partial charge in [0.2, 0.25) is 0 Å². The minimum Gasteiger partial charge on any atom is -0.542 e. The average Bonchev–Trinajstić information content (AvgIpc) is 3.86. The number of methoxy groups -OCH3 is 1. The number of nitrogens with zero attached hydrogens (tertiary/aromatic N) is 8. The molecule has 270 valence electrons. The Morgan fingerprint density at radius 2 is 1.31 bits per heavy atom. The zero-order valence-corrected chi connectivity index (χ0v) is 33.7. The molecule has 16 heteroatoms. The predicted molar refractivity (Wildman–Crippen MR) is 208 cm³/mol. The number of carbonyl (C=O) groups excluding carboxylic acids is 2. The zero-order chi connectivity index (χ0) is 37.6. The normalized spacial score (nSPS) is 15.4. The number of thiophene rings is 2. The monoisotopic (exact) mass is 789 g/mol. The number of hydrogen-bond donors (Lipinski definition) is 0. The topological polar surface area (TPSA) is 130 Å². The number of halogens is 2. The van der Waals surface area contributed by atoms with Crippen LogP contribution in [0.1, 0.15) is 86.5 Å². The molecule has 0 bridgehead atoms. The standard InChI is InChI=1S/C19H16ClN4O2S.C19H16ClN4OS.Li/c1-10-9-27-19-16(10)17(12-4-6-13(20)7-5-12)21-14(8-15(25)26-3)18-23-22-11(2)24(18)19;1-10-11(2)26-19-16(10)17(13-4-6-14(20)7-5-13)21-15(8-9-25)18-23-22-12(3)24(18)19;/h4-7,14H,8H2,1-3H3;4-7,15H,8H2,1-3H3;/q2*-1;+1/t14-;15-;/m00./s1. The maximum absolute atomic E-state index is 12.0. The number of aliphatic imine (C=N–C) groups is 2. The molecule has 11 nitrogen and oxygen atoms in total. The van der Waals surface area contributed by atoms with Crippen LogP contribution in [0.15, 0.2) is 58.5 Å². The smallest absolute Gasteiger partial charge is 0.542 e. The van der Waals surface area contributed by atoms with Gasteiger partial charge in [-0.25, -0.2) is 0 Å². The fraction of sp³-hybridized carbons (Fsp3) is 0.263. The van der Waals surface area contributed by atoms with Crippen molar-refractivity contribution in [3.8, 4) is 10.0 Å². The molecule has 0 radical (unpaired) electrons. The van der Waals surface area contributed by atoms with Gasteiger partial charge in [-0.05, 0) is 68.1 Å². The molecule has 0 spiro atoms. The van der Waals surface area contributed by atoms with Gasteiger partial charge in [-0.2, -0.15) is 5.56 Å². The first-order chi connectivity index (χ1) is 25.5. The van der Waals surface area contributed by atoms with E-state index in [1.54, 1.807) is 11.3 Å². The van der Waals surface area contributed by atoms with Crippen molar-refractivity contribution >= 4 is 69.6 Å². The first-order valence-electron chi connectivity index (χ1n) is 16.6. The van der Waals surface area contributed by atoms with Crippen LogP contribution in [0.25, 0.3) is 10.0 Å². The summed E-state index contributed by atoms with van der Waals surface area (Å²) >= 11 is 15.3. The van der Waals surface area contributed by atoms with Crippen molar-refractivity contribution in [2.75, 3.05) is 7.11 Å². The number of esters is 1. The molecule has 0 amide bonds. The Bertz CT molecular complexity index is 2430. The molecule has 2 aliphatic rings. The van der Waals surface area contributed by atoms with Crippen molar-refractivity contribution in [2.45, 2.75) is 59.5 Å². The van der Waals surface area contributed by atoms with E-state index in [-0.39, 0.29) is 37.7 Å². The van der Waals surface area contributed by atoms with Gasteiger partial charge >= 0.3 is 24.8 Å². The third-order valence-corrected chi connectivity index (χ3v) is 11.8. The molecule has 0 aliphatic carbocycles. The molecular formula is C38H32Cl2LiN8O3S2-. The number of benzene rings is 2. The molecule has 6 aromatic rings. The van der Waals surface area contributed by atoms with E-state index in [0.717, 1.165) is 60.9 Å². The molecule has 8 rings (SSSR count). The molecular weight excluding hydrogens is 758 g/mol. The van der Waals surface area contributed by atoms with E-state index in [2.05, 4.69) is 39.6 Å². The largest absolute Gasteiger partial charge is 1.00 e. The molecule has 2 aliphatic heterocycles. The Balaban J connectivity index is 0.000000181. The van der Waals surface area contributed by atoms with E-state index in [4.69, 9.17) is 37.9 Å². The first kappa shape index (κ1) is 39.5. The maximum atomic E-state index is 12.0. The van der Waals surface area contributed by atoms with Crippen LogP contribution in [0, 0.1) is 40.0 Å². The SMILES string of the molecule is COC(=O)C[C@@H]1N=C(c2ccc(Cl)cc2)c2c(C)[c-]sc2-n2c(C)nnc21.Cc1sc2c(c1C)C(c1ccc(Cl)cc1)=N[C@@H](C[C-]=O)c1nnc(C)n1-2.[Li+]. The van der Waals surface area contributed by atoms with Crippen LogP contribution in [-0.2, 0) is 14.3 Å². The Hall–Kier alpha value is -4.22. The van der Waals surface area contributed by atoms with E-state index in [9.17, 15) is 9.59 Å². The molecule has 0 fully saturated rings. The van der Waals surface area contributed by atoms with Crippen LogP contribution < -0.4 is 18.9 Å². The summed E-state index contributed by atoms with van der Waals surface area (Å²) in [5.74, 6) is 2.48. The number of fused-ring (bicyclic) bond motifs is 6. The van der Waals surface area contributed by atoms with Gasteiger partial charge in [0.05, 0.1) is 25.3 Å². The third kappa shape index (κ3) is 7.29. The Labute approximate surface area is 342 Å². The van der Waals surface area contributed by atoms with Gasteiger partial charge in [-0.3, -0.25) is 37.0 Å². The van der Waals surface area contributed by atoms with Crippen molar-refractivity contribution in [2.24, 2.45) is 9.98 Å². The molecule has 2 aromatic carbocycles. The summed E-state index contributed by atoms with van der Waals surface area (Å²) in [6, 6.07) is 14.2. The second-order valence-corrected chi connectivity index (χ2v) is 15.4. The maximum Gasteiger partial charge on any atom is 1.00 e. The molecule has 2 atom stereocenters. The molecule has 0 unspecified atom stereocenters. The van der Waals surface area contributed by atoms with E-state index in [0.29, 0.717) is 21.7 Å². The quantitative estimate of drug-likeness (QED) is 0.130. The van der Waals surface area contributed by atoms with Crippen molar-refractivity contribution in [1.29, 1.82) is 0 Å². The summed E-state index contributed by atoms with van der Waals surface area (Å²) in [6.45, 7) is 10.0. The van der Waals surface area contributed by atoms with Crippen molar-refractivity contribution in [1.82, 2.24) is 29.5 Å². The first-order valence-corrected chi connectivity index (χ1v) is 18.9. The summed E-state index contributed by atoms with van der Waals surface area (Å²) in [7, 11) is 1.37. The molecule has 4 aromatic heterocycles. The van der Waals surface area contributed by atoms with Gasteiger partial charge in [-0.1, -0.05) is 54.4 Å². The summed E-state index contributed by atoms with van der Waals surface area (Å²) in [5, 5.41) is 23.7. The average molecular weight is 791 g/mol. The van der Waals surface area contributed by atoms with E-state index >= 15 is 0 Å². The zero-order valence-electron chi connectivity index (χ0n) is 30.6. The minimum absolute atomic E-state index is 0. The van der Waals surface area contributed by atoms with Gasteiger partial charge in [-0.15, -0.1) is 49.1 Å². The number of aromatic nitrogens is 6. The van der Waals surface area contributed by atoms with E-state index in [1.165, 1.54) is 28.9 Å². The number of carbonyl (C=O) groups is 1. The summed E-state index contributed by atoms with van der Waals surface area (Å²) in [5.41, 5.74) is 7.71. The van der Waals surface area contributed by atoms with E-state index in [1.807, 2.05) is 84.7 Å². The number of hydrogen-bond acceptors (Lipinski definition) is 11. The van der Waals surface area contributed by atoms with E-state index < -0.39 is 12.1 Å². The number of rotatable bonds is 6. The van der Waals surface area contributed by atoms with Crippen molar-refractivity contribution in [3.63, 3.8) is 0 Å². The van der Waals surface area contributed by atoms with Gasteiger partial charge < -0.3 is 14.1 Å². The van der Waals surface area contributed by atoms with Crippen LogP contribution in [0.3, 0.4) is 0 Å². The van der Waals surface area contributed by atoms with Crippen molar-refractivity contribution in [3.05, 3.63) is 126 Å². The van der Waals surface area contributed by atoms with Gasteiger partial charge in [0.25, 0.3) is 0 Å². The number of aryl methyl sites for hydroxylation is 4. The van der Waals surface area contributed by atoms with Crippen LogP contribution in [0.2, 0.25) is 10.0 Å². The van der Waals surface area contributed by atoms with Gasteiger partial charge in [0.1, 0.15) is 22.7 Å². The molecule has 0 saturated heterocycles. The fourth-order valence-corrected chi connectivity index (χ4v) is 8.85. The third-order valence-electron chi connectivity index (χ3n) is 9.10. The predicted octanol–water partition coefficient (Wildman–Crippen LogP) is 5.16. The summed E-state index contributed by atoms with van der Waals surface area (Å²) in [4.78, 5) is 34.2. The Kier molecular flexibility index (Phi) is 11.9. The second-order valence-electron chi connectivity index (χ2n) is 12.5. The van der Waals surface area contributed by atoms with Crippen LogP contribution in [-0.4, -0.2) is 60.3 Å². The molecule has 0 saturated carbocycles. The molecule has 6 heterocycles. The van der Waals surface area contributed by atoms with Crippen LogP contribution in [0.4, 0.5) is 0 Å². The Morgan fingerprint density at radius 3 is 1.87 bits per heavy atom. The van der Waals surface area contributed by atoms with Crippen molar-refractivity contribution < 1.29 is 33.2 Å². The van der Waals surface area contributed by atoms with Gasteiger partial charge in [0.15, 0.2) is 11.6 Å². The number of ether oxygens (including phenoxy) is 1.